The lowest BCUT2D eigenvalue weighted by Gasteiger charge is -2.10. The molecular formula is C8H13N3S. The summed E-state index contributed by atoms with van der Waals surface area (Å²) >= 11 is 1.39. The lowest BCUT2D eigenvalue weighted by molar-refractivity contribution is 0.539. The molecule has 0 saturated carbocycles. The van der Waals surface area contributed by atoms with E-state index in [0.717, 1.165) is 18.5 Å². The van der Waals surface area contributed by atoms with Crippen molar-refractivity contribution in [3.05, 3.63) is 23.7 Å². The standard InChI is InChI=1S/C8H13N3S/c1-3-4-5-7(9-2)8-6-12-11-10-8/h3,6-7,9H,1,4-5H2,2H3. The summed E-state index contributed by atoms with van der Waals surface area (Å²) in [6.07, 6.45) is 3.96. The zero-order chi connectivity index (χ0) is 8.81. The molecule has 1 N–H and O–H groups in total. The molecule has 0 amide bonds. The van der Waals surface area contributed by atoms with E-state index in [9.17, 15) is 0 Å². The Morgan fingerprint density at radius 3 is 3.17 bits per heavy atom. The number of nitrogens with one attached hydrogen (secondary N) is 1. The maximum atomic E-state index is 4.01. The van der Waals surface area contributed by atoms with Gasteiger partial charge in [-0.2, -0.15) is 0 Å². The third-order valence-electron chi connectivity index (χ3n) is 1.74. The van der Waals surface area contributed by atoms with Crippen LogP contribution in [0.1, 0.15) is 24.6 Å². The Kier molecular flexibility index (Phi) is 3.90. The van der Waals surface area contributed by atoms with Gasteiger partial charge < -0.3 is 5.32 Å². The summed E-state index contributed by atoms with van der Waals surface area (Å²) in [5, 5.41) is 9.18. The smallest absolute Gasteiger partial charge is 0.0924 e. The lowest BCUT2D eigenvalue weighted by Crippen LogP contribution is -2.16. The summed E-state index contributed by atoms with van der Waals surface area (Å²) in [6.45, 7) is 3.69. The fourth-order valence-electron chi connectivity index (χ4n) is 1.05. The van der Waals surface area contributed by atoms with Crippen molar-refractivity contribution in [3.63, 3.8) is 0 Å². The molecule has 1 heterocycles. The number of hydrogen-bond acceptors (Lipinski definition) is 4. The third kappa shape index (κ3) is 2.39. The van der Waals surface area contributed by atoms with Gasteiger partial charge in [0.25, 0.3) is 0 Å². The lowest BCUT2D eigenvalue weighted by atomic mass is 10.1. The SMILES string of the molecule is C=CCCC(NC)c1csnn1. The molecule has 1 unspecified atom stereocenters. The molecule has 3 nitrogen and oxygen atoms in total. The molecule has 66 valence electrons. The Bertz CT molecular complexity index is 220. The molecule has 0 aliphatic carbocycles. The van der Waals surface area contributed by atoms with Crippen molar-refractivity contribution in [1.29, 1.82) is 0 Å². The fourth-order valence-corrected chi connectivity index (χ4v) is 1.56. The fraction of sp³-hybridized carbons (Fsp3) is 0.500. The first-order valence-electron chi connectivity index (χ1n) is 3.93. The molecule has 1 rings (SSSR count). The highest BCUT2D eigenvalue weighted by Crippen LogP contribution is 2.16. The van der Waals surface area contributed by atoms with Crippen LogP contribution in [-0.4, -0.2) is 16.6 Å². The van der Waals surface area contributed by atoms with Gasteiger partial charge in [-0.1, -0.05) is 10.6 Å². The second-order valence-corrected chi connectivity index (χ2v) is 3.15. The zero-order valence-corrected chi connectivity index (χ0v) is 7.97. The summed E-state index contributed by atoms with van der Waals surface area (Å²) in [4.78, 5) is 0. The Morgan fingerprint density at radius 1 is 1.83 bits per heavy atom. The van der Waals surface area contributed by atoms with Crippen LogP contribution in [0.25, 0.3) is 0 Å². The molecule has 0 aliphatic rings. The summed E-state index contributed by atoms with van der Waals surface area (Å²) in [7, 11) is 1.94. The summed E-state index contributed by atoms with van der Waals surface area (Å²) < 4.78 is 3.82. The second-order valence-electron chi connectivity index (χ2n) is 2.54. The number of aromatic nitrogens is 2. The van der Waals surface area contributed by atoms with E-state index in [1.807, 2.05) is 18.5 Å². The first-order valence-corrected chi connectivity index (χ1v) is 4.77. The second kappa shape index (κ2) is 5.00. The van der Waals surface area contributed by atoms with Crippen LogP contribution in [0.2, 0.25) is 0 Å². The number of hydrogen-bond donors (Lipinski definition) is 1. The Hall–Kier alpha value is -0.740. The van der Waals surface area contributed by atoms with E-state index < -0.39 is 0 Å². The van der Waals surface area contributed by atoms with Crippen LogP contribution >= 0.6 is 11.5 Å². The number of allylic oxidation sites excluding steroid dienone is 1. The number of rotatable bonds is 5. The molecule has 1 atom stereocenters. The molecule has 0 fully saturated rings. The first kappa shape index (κ1) is 9.35. The average molecular weight is 183 g/mol. The minimum atomic E-state index is 0.321. The van der Waals surface area contributed by atoms with E-state index in [0.29, 0.717) is 6.04 Å². The summed E-state index contributed by atoms with van der Waals surface area (Å²) in [6, 6.07) is 0.321. The van der Waals surface area contributed by atoms with Gasteiger partial charge in [0.15, 0.2) is 0 Å². The van der Waals surface area contributed by atoms with Gasteiger partial charge in [-0.25, -0.2) is 0 Å². The topological polar surface area (TPSA) is 37.8 Å². The molecule has 12 heavy (non-hydrogen) atoms. The maximum Gasteiger partial charge on any atom is 0.0924 e. The first-order chi connectivity index (χ1) is 5.88. The summed E-state index contributed by atoms with van der Waals surface area (Å²) in [5.41, 5.74) is 1.03. The minimum Gasteiger partial charge on any atom is -0.312 e. The summed E-state index contributed by atoms with van der Waals surface area (Å²) in [5.74, 6) is 0. The van der Waals surface area contributed by atoms with E-state index in [2.05, 4.69) is 21.5 Å². The molecule has 0 bridgehead atoms. The van der Waals surface area contributed by atoms with E-state index in [1.54, 1.807) is 0 Å². The van der Waals surface area contributed by atoms with Crippen molar-refractivity contribution in [2.75, 3.05) is 7.05 Å². The quantitative estimate of drug-likeness (QED) is 0.707. The van der Waals surface area contributed by atoms with Crippen molar-refractivity contribution in [1.82, 2.24) is 14.9 Å². The van der Waals surface area contributed by atoms with Crippen LogP contribution in [0.15, 0.2) is 18.0 Å². The molecule has 0 radical (unpaired) electrons. The van der Waals surface area contributed by atoms with Gasteiger partial charge in [0.1, 0.15) is 0 Å². The van der Waals surface area contributed by atoms with Crippen LogP contribution in [0.4, 0.5) is 0 Å². The molecule has 0 saturated heterocycles. The molecular weight excluding hydrogens is 170 g/mol. The molecule has 4 heteroatoms. The van der Waals surface area contributed by atoms with Crippen LogP contribution in [-0.2, 0) is 0 Å². The maximum absolute atomic E-state index is 4.01. The third-order valence-corrected chi connectivity index (χ3v) is 2.26. The molecule has 0 aromatic carbocycles. The molecule has 1 aromatic heterocycles. The molecule has 0 aliphatic heterocycles. The van der Waals surface area contributed by atoms with Crippen molar-refractivity contribution >= 4 is 11.5 Å². The van der Waals surface area contributed by atoms with Crippen molar-refractivity contribution in [2.45, 2.75) is 18.9 Å². The van der Waals surface area contributed by atoms with Gasteiger partial charge in [0.2, 0.25) is 0 Å². The Morgan fingerprint density at radius 2 is 2.67 bits per heavy atom. The average Bonchev–Trinajstić information content (AvgIpc) is 2.59. The van der Waals surface area contributed by atoms with Crippen LogP contribution in [0.3, 0.4) is 0 Å². The largest absolute Gasteiger partial charge is 0.312 e. The van der Waals surface area contributed by atoms with Gasteiger partial charge in [0, 0.05) is 5.38 Å². The van der Waals surface area contributed by atoms with Crippen molar-refractivity contribution in [3.8, 4) is 0 Å². The van der Waals surface area contributed by atoms with Gasteiger partial charge in [-0.05, 0) is 31.4 Å². The normalized spacial score (nSPS) is 12.8. The van der Waals surface area contributed by atoms with Crippen LogP contribution in [0.5, 0.6) is 0 Å². The zero-order valence-electron chi connectivity index (χ0n) is 7.16. The Labute approximate surface area is 76.7 Å². The highest BCUT2D eigenvalue weighted by atomic mass is 32.1. The molecule has 1 aromatic rings. The van der Waals surface area contributed by atoms with Gasteiger partial charge >= 0.3 is 0 Å². The monoisotopic (exact) mass is 183 g/mol. The minimum absolute atomic E-state index is 0.321. The van der Waals surface area contributed by atoms with Crippen LogP contribution < -0.4 is 5.32 Å². The molecule has 0 spiro atoms. The Balaban J connectivity index is 2.51. The highest BCUT2D eigenvalue weighted by Gasteiger charge is 2.09. The van der Waals surface area contributed by atoms with Crippen molar-refractivity contribution in [2.24, 2.45) is 0 Å². The van der Waals surface area contributed by atoms with E-state index in [-0.39, 0.29) is 0 Å². The van der Waals surface area contributed by atoms with E-state index >= 15 is 0 Å². The highest BCUT2D eigenvalue weighted by molar-refractivity contribution is 7.03. The predicted octanol–water partition coefficient (Wildman–Crippen LogP) is 1.76. The van der Waals surface area contributed by atoms with Crippen molar-refractivity contribution < 1.29 is 0 Å². The van der Waals surface area contributed by atoms with Gasteiger partial charge in [0.05, 0.1) is 11.7 Å². The predicted molar refractivity (Wildman–Crippen MR) is 51.1 cm³/mol. The van der Waals surface area contributed by atoms with Gasteiger partial charge in [-0.3, -0.25) is 0 Å². The van der Waals surface area contributed by atoms with E-state index in [1.165, 1.54) is 11.5 Å². The van der Waals surface area contributed by atoms with Crippen LogP contribution in [0, 0.1) is 0 Å². The number of nitrogens with zero attached hydrogens (tertiary/aromatic N) is 2. The van der Waals surface area contributed by atoms with Gasteiger partial charge in [-0.15, -0.1) is 11.7 Å². The van der Waals surface area contributed by atoms with E-state index in [4.69, 9.17) is 0 Å².